The molecule has 0 fully saturated rings. The van der Waals surface area contributed by atoms with Gasteiger partial charge in [-0.3, -0.25) is 4.79 Å². The molecule has 3 nitrogen and oxygen atoms in total. The Hall–Kier alpha value is -1.03. The molecule has 92 valence electrons. The molecule has 1 heterocycles. The van der Waals surface area contributed by atoms with Crippen LogP contribution in [0.15, 0.2) is 18.2 Å². The Morgan fingerprint density at radius 1 is 1.41 bits per heavy atom. The van der Waals surface area contributed by atoms with Gasteiger partial charge in [-0.25, -0.2) is 0 Å². The third-order valence-electron chi connectivity index (χ3n) is 2.69. The molecule has 2 rings (SSSR count). The van der Waals surface area contributed by atoms with Crippen LogP contribution in [0.2, 0.25) is 0 Å². The third-order valence-corrected chi connectivity index (χ3v) is 4.59. The lowest BCUT2D eigenvalue weighted by molar-refractivity contribution is -0.118. The topological polar surface area (TPSA) is 38.3 Å². The van der Waals surface area contributed by atoms with Crippen molar-refractivity contribution in [3.63, 3.8) is 0 Å². The summed E-state index contributed by atoms with van der Waals surface area (Å²) in [4.78, 5) is 11.5. The summed E-state index contributed by atoms with van der Waals surface area (Å²) in [7, 11) is 0. The molecule has 1 aliphatic rings. The molecule has 1 aromatic carbocycles. The minimum atomic E-state index is -0.100. The minimum Gasteiger partial charge on any atom is -0.482 e. The van der Waals surface area contributed by atoms with Crippen LogP contribution in [-0.4, -0.2) is 12.5 Å². The predicted octanol–water partition coefficient (Wildman–Crippen LogP) is 3.50. The highest BCUT2D eigenvalue weighted by atomic mass is 79.9. The molecule has 0 aliphatic carbocycles. The second-order valence-corrected chi connectivity index (χ2v) is 6.24. The average Bonchev–Trinajstić information content (AvgIpc) is 2.25. The van der Waals surface area contributed by atoms with Crippen LogP contribution in [0.5, 0.6) is 5.75 Å². The fourth-order valence-electron chi connectivity index (χ4n) is 1.76. The fraction of sp³-hybridized carbons (Fsp3) is 0.462. The number of fused-ring (bicyclic) bond motifs is 1. The van der Waals surface area contributed by atoms with Crippen LogP contribution in [0.3, 0.4) is 0 Å². The number of nitrogens with one attached hydrogen (secondary N) is 1. The predicted molar refractivity (Wildman–Crippen MR) is 71.7 cm³/mol. The van der Waals surface area contributed by atoms with E-state index in [2.05, 4.69) is 42.0 Å². The zero-order valence-electron chi connectivity index (χ0n) is 10.2. The van der Waals surface area contributed by atoms with Crippen molar-refractivity contribution in [1.82, 2.24) is 0 Å². The first-order valence-electron chi connectivity index (χ1n) is 5.58. The van der Waals surface area contributed by atoms with Crippen LogP contribution < -0.4 is 10.1 Å². The summed E-state index contributed by atoms with van der Waals surface area (Å²) >= 11 is 3.70. The molecule has 0 aromatic heterocycles. The normalized spacial score (nSPS) is 16.8. The Balaban J connectivity index is 2.33. The summed E-state index contributed by atoms with van der Waals surface area (Å²) in [5, 5.41) is 2.82. The van der Waals surface area contributed by atoms with E-state index >= 15 is 0 Å². The van der Waals surface area contributed by atoms with E-state index in [1.807, 2.05) is 18.2 Å². The number of alkyl halides is 1. The lowest BCUT2D eigenvalue weighted by Crippen LogP contribution is -2.25. The molecule has 1 unspecified atom stereocenters. The smallest absolute Gasteiger partial charge is 0.262 e. The first-order chi connectivity index (χ1) is 7.88. The number of carbonyl (C=O) groups excluding carboxylic acids is 1. The highest BCUT2D eigenvalue weighted by Gasteiger charge is 2.25. The lowest BCUT2D eigenvalue weighted by Gasteiger charge is -2.27. The average molecular weight is 298 g/mol. The van der Waals surface area contributed by atoms with Gasteiger partial charge in [0.2, 0.25) is 0 Å². The molecule has 17 heavy (non-hydrogen) atoms. The van der Waals surface area contributed by atoms with E-state index in [9.17, 15) is 4.79 Å². The SMILES string of the molecule is CC(C)(C)C(Br)c1ccc2c(c1)NC(=O)CO2. The monoisotopic (exact) mass is 297 g/mol. The van der Waals surface area contributed by atoms with Crippen LogP contribution in [0, 0.1) is 5.41 Å². The van der Waals surface area contributed by atoms with Gasteiger partial charge < -0.3 is 10.1 Å². The van der Waals surface area contributed by atoms with Gasteiger partial charge in [0.15, 0.2) is 6.61 Å². The van der Waals surface area contributed by atoms with Crippen LogP contribution in [-0.2, 0) is 4.79 Å². The number of ether oxygens (including phenoxy) is 1. The lowest BCUT2D eigenvalue weighted by atomic mass is 9.87. The second kappa shape index (κ2) is 4.33. The summed E-state index contributed by atoms with van der Waals surface area (Å²) in [5.74, 6) is 0.637. The summed E-state index contributed by atoms with van der Waals surface area (Å²) in [6, 6.07) is 5.90. The van der Waals surface area contributed by atoms with Crippen molar-refractivity contribution in [2.45, 2.75) is 25.6 Å². The van der Waals surface area contributed by atoms with E-state index in [4.69, 9.17) is 4.74 Å². The van der Waals surface area contributed by atoms with E-state index in [0.29, 0.717) is 0 Å². The molecule has 0 spiro atoms. The minimum absolute atomic E-state index is 0.100. The van der Waals surface area contributed by atoms with Crippen LogP contribution in [0.1, 0.15) is 31.2 Å². The van der Waals surface area contributed by atoms with Crippen molar-refractivity contribution in [2.24, 2.45) is 5.41 Å². The van der Waals surface area contributed by atoms with Gasteiger partial charge in [-0.05, 0) is 23.1 Å². The van der Waals surface area contributed by atoms with Crippen LogP contribution >= 0.6 is 15.9 Å². The molecule has 0 saturated carbocycles. The van der Waals surface area contributed by atoms with E-state index in [1.165, 1.54) is 0 Å². The van der Waals surface area contributed by atoms with Crippen molar-refractivity contribution in [2.75, 3.05) is 11.9 Å². The van der Waals surface area contributed by atoms with Gasteiger partial charge in [0, 0.05) is 4.83 Å². The van der Waals surface area contributed by atoms with Crippen molar-refractivity contribution in [3.8, 4) is 5.75 Å². The quantitative estimate of drug-likeness (QED) is 0.806. The van der Waals surface area contributed by atoms with Gasteiger partial charge in [-0.2, -0.15) is 0 Å². The third kappa shape index (κ3) is 2.63. The largest absolute Gasteiger partial charge is 0.482 e. The molecule has 1 aromatic rings. The molecular formula is C13H16BrNO2. The molecule has 0 bridgehead atoms. The van der Waals surface area contributed by atoms with E-state index < -0.39 is 0 Å². The summed E-state index contributed by atoms with van der Waals surface area (Å²) in [6.45, 7) is 6.60. The van der Waals surface area contributed by atoms with E-state index in [0.717, 1.165) is 17.0 Å². The Labute approximate surface area is 110 Å². The number of benzene rings is 1. The standard InChI is InChI=1S/C13H16BrNO2/c1-13(2,3)12(14)8-4-5-10-9(6-8)15-11(16)7-17-10/h4-6,12H,7H2,1-3H3,(H,15,16). The highest BCUT2D eigenvalue weighted by molar-refractivity contribution is 9.09. The van der Waals surface area contributed by atoms with E-state index in [1.54, 1.807) is 0 Å². The van der Waals surface area contributed by atoms with Gasteiger partial charge in [0.25, 0.3) is 5.91 Å². The molecule has 1 aliphatic heterocycles. The number of hydrogen-bond acceptors (Lipinski definition) is 2. The number of amides is 1. The van der Waals surface area contributed by atoms with Crippen molar-refractivity contribution >= 4 is 27.5 Å². The van der Waals surface area contributed by atoms with Gasteiger partial charge >= 0.3 is 0 Å². The Kier molecular flexibility index (Phi) is 3.17. The Morgan fingerprint density at radius 2 is 2.12 bits per heavy atom. The maximum absolute atomic E-state index is 11.3. The fourth-order valence-corrected chi connectivity index (χ4v) is 2.04. The van der Waals surface area contributed by atoms with Gasteiger partial charge in [-0.15, -0.1) is 0 Å². The summed E-state index contributed by atoms with van der Waals surface area (Å²) in [5.41, 5.74) is 2.02. The van der Waals surface area contributed by atoms with E-state index in [-0.39, 0.29) is 22.8 Å². The van der Waals surface area contributed by atoms with Crippen molar-refractivity contribution in [1.29, 1.82) is 0 Å². The number of halogens is 1. The van der Waals surface area contributed by atoms with Gasteiger partial charge in [0.1, 0.15) is 5.75 Å². The molecule has 1 amide bonds. The van der Waals surface area contributed by atoms with Crippen molar-refractivity contribution < 1.29 is 9.53 Å². The molecule has 1 N–H and O–H groups in total. The highest BCUT2D eigenvalue weighted by Crippen LogP contribution is 2.42. The molecule has 1 atom stereocenters. The van der Waals surface area contributed by atoms with Crippen LogP contribution in [0.25, 0.3) is 0 Å². The zero-order chi connectivity index (χ0) is 12.6. The number of carbonyl (C=O) groups is 1. The van der Waals surface area contributed by atoms with Crippen LogP contribution in [0.4, 0.5) is 5.69 Å². The molecule has 0 saturated heterocycles. The van der Waals surface area contributed by atoms with Gasteiger partial charge in [0.05, 0.1) is 5.69 Å². The maximum Gasteiger partial charge on any atom is 0.262 e. The first-order valence-corrected chi connectivity index (χ1v) is 6.50. The number of hydrogen-bond donors (Lipinski definition) is 1. The summed E-state index contributed by atoms with van der Waals surface area (Å²) in [6.07, 6.45) is 0. The Bertz CT molecular complexity index is 451. The first kappa shape index (κ1) is 12.4. The number of rotatable bonds is 1. The Morgan fingerprint density at radius 3 is 2.76 bits per heavy atom. The molecule has 4 heteroatoms. The maximum atomic E-state index is 11.3. The van der Waals surface area contributed by atoms with Gasteiger partial charge in [-0.1, -0.05) is 42.8 Å². The van der Waals surface area contributed by atoms with Crippen molar-refractivity contribution in [3.05, 3.63) is 23.8 Å². The number of anilines is 1. The molecular weight excluding hydrogens is 282 g/mol. The zero-order valence-corrected chi connectivity index (χ0v) is 11.8. The summed E-state index contributed by atoms with van der Waals surface area (Å²) < 4.78 is 5.33. The molecule has 0 radical (unpaired) electrons. The second-order valence-electron chi connectivity index (χ2n) is 5.32.